The maximum atomic E-state index is 16.8. The molecule has 11 rings (SSSR count). The number of amides is 5. The summed E-state index contributed by atoms with van der Waals surface area (Å²) in [7, 11) is 2.46. The fourth-order valence-electron chi connectivity index (χ4n) is 11.2. The van der Waals surface area contributed by atoms with Gasteiger partial charge >= 0.3 is 18.3 Å². The number of alkyl carbamates (subject to hydrolysis) is 2. The largest absolute Gasteiger partial charge is 0.454 e. The van der Waals surface area contributed by atoms with Crippen molar-refractivity contribution in [2.45, 2.75) is 96.2 Å². The number of hydrogen-bond donors (Lipinski definition) is 4. The first-order valence-electron chi connectivity index (χ1n) is 25.4. The van der Waals surface area contributed by atoms with Crippen LogP contribution in [0.1, 0.15) is 92.9 Å². The predicted molar refractivity (Wildman–Crippen MR) is 271 cm³/mol. The molecule has 2 saturated heterocycles. The van der Waals surface area contributed by atoms with Crippen molar-refractivity contribution in [3.63, 3.8) is 0 Å². The summed E-state index contributed by atoms with van der Waals surface area (Å²) in [6, 6.07) is 16.2. The SMILES string of the molecule is COC(=O)NC(C(=O)N1CCC[C@H]1c1nc(-c2ccc3c(c2)C(F)(F)c2cc(-c4ccc5[nH]c([C@@H]6CC(OC(=O)N7Cc8cc9c(cc8C7)OCO9)CN6C(=O)[C@@H](NC(=O)OC)C(C)C)nc5c4)ccc2-3)c[nH]1)C(C)C. The van der Waals surface area contributed by atoms with Crippen LogP contribution in [0.2, 0.25) is 0 Å². The molecule has 6 aromatic rings. The molecule has 6 heterocycles. The number of benzene rings is 4. The highest BCUT2D eigenvalue weighted by molar-refractivity contribution is 5.89. The molecule has 4 aromatic carbocycles. The van der Waals surface area contributed by atoms with Crippen molar-refractivity contribution in [1.82, 2.24) is 45.3 Å². The number of nitrogens with one attached hydrogen (secondary N) is 4. The summed E-state index contributed by atoms with van der Waals surface area (Å²) < 4.78 is 60.3. The van der Waals surface area contributed by atoms with Gasteiger partial charge in [-0.3, -0.25) is 14.5 Å². The molecule has 396 valence electrons. The Morgan fingerprint density at radius 3 is 1.96 bits per heavy atom. The zero-order chi connectivity index (χ0) is 53.3. The second-order valence-electron chi connectivity index (χ2n) is 20.6. The van der Waals surface area contributed by atoms with Gasteiger partial charge in [0.05, 0.1) is 49.6 Å². The second kappa shape index (κ2) is 19.5. The monoisotopic (exact) mass is 1040 g/mol. The topological polar surface area (TPSA) is 223 Å². The second-order valence-corrected chi connectivity index (χ2v) is 20.6. The van der Waals surface area contributed by atoms with Crippen molar-refractivity contribution < 1.29 is 56.4 Å². The fourth-order valence-corrected chi connectivity index (χ4v) is 11.2. The van der Waals surface area contributed by atoms with E-state index < -0.39 is 60.4 Å². The molecular weight excluding hydrogens is 985 g/mol. The van der Waals surface area contributed by atoms with Gasteiger partial charge in [-0.2, -0.15) is 8.78 Å². The van der Waals surface area contributed by atoms with Crippen LogP contribution < -0.4 is 20.1 Å². The summed E-state index contributed by atoms with van der Waals surface area (Å²) in [6.45, 7) is 8.54. The molecule has 2 aromatic heterocycles. The first-order chi connectivity index (χ1) is 36.5. The van der Waals surface area contributed by atoms with Crippen LogP contribution in [0.3, 0.4) is 0 Å². The van der Waals surface area contributed by atoms with Gasteiger partial charge in [-0.1, -0.05) is 58.0 Å². The highest BCUT2D eigenvalue weighted by atomic mass is 19.3. The van der Waals surface area contributed by atoms with E-state index in [1.165, 1.54) is 26.4 Å². The lowest BCUT2D eigenvalue weighted by Crippen LogP contribution is -2.51. The Morgan fingerprint density at radius 1 is 0.737 bits per heavy atom. The van der Waals surface area contributed by atoms with E-state index in [0.29, 0.717) is 93.7 Å². The highest BCUT2D eigenvalue weighted by Crippen LogP contribution is 2.53. The lowest BCUT2D eigenvalue weighted by Gasteiger charge is -2.29. The van der Waals surface area contributed by atoms with E-state index >= 15 is 8.78 Å². The third kappa shape index (κ3) is 8.93. The van der Waals surface area contributed by atoms with E-state index in [1.807, 2.05) is 32.0 Å². The van der Waals surface area contributed by atoms with Crippen molar-refractivity contribution in [3.8, 4) is 45.0 Å². The Kier molecular flexibility index (Phi) is 12.8. The normalized spacial score (nSPS) is 19.7. The van der Waals surface area contributed by atoms with E-state index in [9.17, 15) is 24.0 Å². The predicted octanol–water partition coefficient (Wildman–Crippen LogP) is 8.69. The van der Waals surface area contributed by atoms with Crippen LogP contribution in [0.15, 0.2) is 72.9 Å². The molecular formula is C55H57F2N9O10. The first-order valence-corrected chi connectivity index (χ1v) is 25.4. The third-order valence-corrected chi connectivity index (χ3v) is 15.2. The highest BCUT2D eigenvalue weighted by Gasteiger charge is 2.46. The number of imidazole rings is 2. The Balaban J connectivity index is 0.823. The average molecular weight is 1040 g/mol. The minimum absolute atomic E-state index is 0.0234. The van der Waals surface area contributed by atoms with Gasteiger partial charge in [-0.15, -0.1) is 0 Å². The molecule has 19 nitrogen and oxygen atoms in total. The van der Waals surface area contributed by atoms with Gasteiger partial charge in [0.1, 0.15) is 29.8 Å². The molecule has 4 aliphatic heterocycles. The zero-order valence-corrected chi connectivity index (χ0v) is 42.7. The van der Waals surface area contributed by atoms with Crippen molar-refractivity contribution in [1.29, 1.82) is 0 Å². The maximum Gasteiger partial charge on any atom is 0.410 e. The van der Waals surface area contributed by atoms with E-state index in [-0.39, 0.29) is 48.6 Å². The van der Waals surface area contributed by atoms with E-state index in [0.717, 1.165) is 17.5 Å². The minimum Gasteiger partial charge on any atom is -0.454 e. The van der Waals surface area contributed by atoms with Gasteiger partial charge in [-0.05, 0) is 94.5 Å². The minimum atomic E-state index is -3.36. The Hall–Kier alpha value is -8.23. The van der Waals surface area contributed by atoms with Gasteiger partial charge in [0.25, 0.3) is 5.92 Å². The number of aromatic amines is 2. The van der Waals surface area contributed by atoms with Gasteiger partial charge in [0.15, 0.2) is 11.5 Å². The Bertz CT molecular complexity index is 3290. The summed E-state index contributed by atoms with van der Waals surface area (Å²) >= 11 is 0. The Labute approximate surface area is 435 Å². The number of rotatable bonds is 11. The van der Waals surface area contributed by atoms with Crippen molar-refractivity contribution >= 4 is 41.1 Å². The van der Waals surface area contributed by atoms with Gasteiger partial charge in [0.2, 0.25) is 18.6 Å². The number of carbonyl (C=O) groups excluding carboxylic acids is 5. The van der Waals surface area contributed by atoms with Crippen LogP contribution in [0.25, 0.3) is 44.5 Å². The molecule has 0 radical (unpaired) electrons. The molecule has 5 atom stereocenters. The van der Waals surface area contributed by atoms with Crippen LogP contribution >= 0.6 is 0 Å². The van der Waals surface area contributed by atoms with Gasteiger partial charge < -0.3 is 54.1 Å². The number of methoxy groups -OCH3 is 2. The number of likely N-dealkylation sites (tertiary alicyclic amines) is 2. The summed E-state index contributed by atoms with van der Waals surface area (Å²) in [5, 5.41) is 5.31. The number of alkyl halides is 2. The summed E-state index contributed by atoms with van der Waals surface area (Å²) in [4.78, 5) is 87.5. The Morgan fingerprint density at radius 2 is 1.33 bits per heavy atom. The van der Waals surface area contributed by atoms with Crippen molar-refractivity contribution in [2.24, 2.45) is 11.8 Å². The average Bonchev–Trinajstić information content (AvgIpc) is 4.32. The van der Waals surface area contributed by atoms with E-state index in [2.05, 4.69) is 20.6 Å². The molecule has 0 saturated carbocycles. The standard InChI is InChI=1S/C55H57F2N9O10/c1-27(2)46(62-52(69)72-5)50(67)65-15-7-8-42(65)48-58-22-41(61-48)31-10-13-36-35-12-9-29(16-37(35)55(56,57)38(36)17-31)30-11-14-39-40(18-30)60-49(59-39)43-21-34(25-66(43)51(68)47(28(3)4)63-53(70)73-6)76-54(71)64-23-32-19-44-45(75-26-74-44)20-33(32)24-64/h9-14,16-20,22,27-28,34,42-43,46-47H,7-8,15,21,23-26H2,1-6H3,(H,58,61)(H,59,60)(H,62,69)(H,63,70)/t34?,42-,43-,46?,47-/m0/s1. The number of fused-ring (bicyclic) bond motifs is 6. The number of hydrogen-bond acceptors (Lipinski definition) is 12. The molecule has 0 spiro atoms. The van der Waals surface area contributed by atoms with Crippen LogP contribution in [0, 0.1) is 11.8 Å². The summed E-state index contributed by atoms with van der Waals surface area (Å²) in [5.74, 6) is -2.38. The number of aromatic nitrogens is 4. The smallest absolute Gasteiger partial charge is 0.410 e. The lowest BCUT2D eigenvalue weighted by atomic mass is 9.98. The molecule has 5 aliphatic rings. The van der Waals surface area contributed by atoms with E-state index in [4.69, 9.17) is 33.7 Å². The number of carbonyl (C=O) groups is 5. The lowest BCUT2D eigenvalue weighted by molar-refractivity contribution is -0.136. The molecule has 21 heteroatoms. The van der Waals surface area contributed by atoms with Crippen LogP contribution in [-0.4, -0.2) is 117 Å². The molecule has 76 heavy (non-hydrogen) atoms. The van der Waals surface area contributed by atoms with E-state index in [1.54, 1.807) is 71.1 Å². The van der Waals surface area contributed by atoms with Gasteiger partial charge in [-0.25, -0.2) is 24.4 Å². The molecule has 2 fully saturated rings. The molecule has 5 amide bonds. The summed E-state index contributed by atoms with van der Waals surface area (Å²) in [5.41, 5.74) is 5.61. The van der Waals surface area contributed by atoms with Crippen molar-refractivity contribution in [2.75, 3.05) is 34.1 Å². The van der Waals surface area contributed by atoms with Gasteiger partial charge in [0, 0.05) is 48.9 Å². The molecule has 1 aliphatic carbocycles. The number of ether oxygens (including phenoxy) is 5. The van der Waals surface area contributed by atoms with Crippen LogP contribution in [-0.2, 0) is 42.8 Å². The zero-order valence-electron chi connectivity index (χ0n) is 42.7. The molecule has 4 N–H and O–H groups in total. The third-order valence-electron chi connectivity index (χ3n) is 15.2. The number of halogens is 2. The number of nitrogens with zero attached hydrogens (tertiary/aromatic N) is 5. The summed E-state index contributed by atoms with van der Waals surface area (Å²) in [6.07, 6.45) is 0.467. The molecule has 0 bridgehead atoms. The first kappa shape index (κ1) is 50.0. The van der Waals surface area contributed by atoms with Crippen LogP contribution in [0.5, 0.6) is 11.5 Å². The number of H-pyrrole nitrogens is 2. The van der Waals surface area contributed by atoms with Crippen LogP contribution in [0.4, 0.5) is 23.2 Å². The maximum absolute atomic E-state index is 16.8. The quantitative estimate of drug-likeness (QED) is 0.0895. The molecule has 2 unspecified atom stereocenters. The fraction of sp³-hybridized carbons (Fsp3) is 0.400. The van der Waals surface area contributed by atoms with Crippen molar-refractivity contribution in [3.05, 3.63) is 107 Å².